The number of hydrogen-bond acceptors (Lipinski definition) is 8. The van der Waals surface area contributed by atoms with Crippen LogP contribution in [0.3, 0.4) is 0 Å². The van der Waals surface area contributed by atoms with Crippen molar-refractivity contribution in [1.82, 2.24) is 4.90 Å². The van der Waals surface area contributed by atoms with Gasteiger partial charge in [0.05, 0.1) is 43.2 Å². The molecule has 5 aliphatic carbocycles. The van der Waals surface area contributed by atoms with Crippen LogP contribution in [-0.4, -0.2) is 104 Å². The minimum Gasteiger partial charge on any atom is -0.390 e. The van der Waals surface area contributed by atoms with E-state index in [0.29, 0.717) is 40.5 Å². The summed E-state index contributed by atoms with van der Waals surface area (Å²) >= 11 is 0. The molecule has 8 fully saturated rings. The van der Waals surface area contributed by atoms with E-state index in [-0.39, 0.29) is 40.8 Å². The molecule has 8 nitrogen and oxygen atoms in total. The van der Waals surface area contributed by atoms with E-state index < -0.39 is 17.8 Å². The number of morpholine rings is 1. The molecule has 47 heavy (non-hydrogen) atoms. The highest BCUT2D eigenvalue weighted by Crippen LogP contribution is 2.89. The standard InChI is InChI=1S/C39H65NO7/c1-23-19-25(33(43-8)35(4,5)42)46-31-30(23)36(6)14-15-39-22-38(39)13-11-28(47-29-20-40(16-18-45-29)24-12-17-44-21-24)34(2,3)26(38)9-10-27(39)37(36,7)32(31)41/h23-33,41-42H,9-22H2,1-8H3/t23-,24+,25-,26+,27+,28+,29+,30+,31+,32+,33+,36-,37-,38-,39+/m1/s1. The quantitative estimate of drug-likeness (QED) is 0.391. The number of methoxy groups -OCH3 is 1. The van der Waals surface area contributed by atoms with Gasteiger partial charge in [0, 0.05) is 38.3 Å². The predicted octanol–water partition coefficient (Wildman–Crippen LogP) is 5.42. The third-order valence-corrected chi connectivity index (χ3v) is 16.9. The molecule has 0 aromatic rings. The highest BCUT2D eigenvalue weighted by Gasteiger charge is 2.84. The van der Waals surface area contributed by atoms with E-state index in [4.69, 9.17) is 23.7 Å². The molecule has 2 N–H and O–H groups in total. The number of nitrogens with zero attached hydrogens (tertiary/aromatic N) is 1. The molecule has 8 aliphatic rings. The van der Waals surface area contributed by atoms with Gasteiger partial charge in [-0.3, -0.25) is 4.90 Å². The van der Waals surface area contributed by atoms with Crippen molar-refractivity contribution >= 4 is 0 Å². The number of fused-ring (bicyclic) bond motifs is 4. The predicted molar refractivity (Wildman–Crippen MR) is 179 cm³/mol. The largest absolute Gasteiger partial charge is 0.390 e. The molecular formula is C39H65NO7. The molecule has 0 aromatic carbocycles. The van der Waals surface area contributed by atoms with Crippen molar-refractivity contribution in [3.8, 4) is 0 Å². The van der Waals surface area contributed by atoms with Gasteiger partial charge in [0.1, 0.15) is 6.10 Å². The van der Waals surface area contributed by atoms with Crippen LogP contribution in [0.15, 0.2) is 0 Å². The molecule has 3 saturated heterocycles. The van der Waals surface area contributed by atoms with Gasteiger partial charge in [-0.15, -0.1) is 0 Å². The summed E-state index contributed by atoms with van der Waals surface area (Å²) in [6.45, 7) is 20.2. The smallest absolute Gasteiger partial charge is 0.170 e. The number of rotatable bonds is 6. The third-order valence-electron chi connectivity index (χ3n) is 16.9. The van der Waals surface area contributed by atoms with E-state index in [1.54, 1.807) is 7.11 Å². The Morgan fingerprint density at radius 2 is 1.70 bits per heavy atom. The molecule has 2 spiro atoms. The van der Waals surface area contributed by atoms with Crippen LogP contribution in [0.1, 0.15) is 106 Å². The first-order valence-corrected chi connectivity index (χ1v) is 19.3. The lowest BCUT2D eigenvalue weighted by Crippen LogP contribution is -2.60. The van der Waals surface area contributed by atoms with E-state index in [0.717, 1.165) is 52.2 Å². The second-order valence-corrected chi connectivity index (χ2v) is 19.3. The molecule has 0 radical (unpaired) electrons. The van der Waals surface area contributed by atoms with Gasteiger partial charge >= 0.3 is 0 Å². The van der Waals surface area contributed by atoms with Crippen molar-refractivity contribution in [1.29, 1.82) is 0 Å². The molecule has 0 aromatic heterocycles. The molecule has 268 valence electrons. The van der Waals surface area contributed by atoms with E-state index in [2.05, 4.69) is 39.5 Å². The SMILES string of the molecule is CO[C@@H]([C@H]1C[C@@H](C)[C@H]2[C@H](O1)[C@H](O)[C@@]1(C)[C@@H]3CC[C@H]4C(C)(C)[C@@H](O[C@H]5CN([C@H]6CCOC6)CCO5)CC[C@@]45C[C@@]35CC[C@]21C)C(C)(C)O. The average Bonchev–Trinajstić information content (AvgIpc) is 3.27. The maximum absolute atomic E-state index is 12.6. The zero-order valence-electron chi connectivity index (χ0n) is 30.6. The summed E-state index contributed by atoms with van der Waals surface area (Å²) < 4.78 is 31.6. The summed E-state index contributed by atoms with van der Waals surface area (Å²) in [4.78, 5) is 2.54. The Hall–Kier alpha value is -0.320. The summed E-state index contributed by atoms with van der Waals surface area (Å²) in [5, 5.41) is 23.5. The minimum absolute atomic E-state index is 0.0235. The fraction of sp³-hybridized carbons (Fsp3) is 1.00. The van der Waals surface area contributed by atoms with Gasteiger partial charge in [0.2, 0.25) is 0 Å². The van der Waals surface area contributed by atoms with Crippen LogP contribution in [0.5, 0.6) is 0 Å². The third kappa shape index (κ3) is 4.53. The Bertz CT molecular complexity index is 1200. The van der Waals surface area contributed by atoms with E-state index >= 15 is 0 Å². The van der Waals surface area contributed by atoms with Gasteiger partial charge in [0.25, 0.3) is 0 Å². The van der Waals surface area contributed by atoms with Gasteiger partial charge in [-0.2, -0.15) is 0 Å². The molecule has 8 heteroatoms. The molecule has 0 unspecified atom stereocenters. The molecular weight excluding hydrogens is 594 g/mol. The van der Waals surface area contributed by atoms with Gasteiger partial charge in [-0.05, 0) is 117 Å². The molecule has 3 heterocycles. The number of ether oxygens (including phenoxy) is 5. The molecule has 0 amide bonds. The Morgan fingerprint density at radius 1 is 0.957 bits per heavy atom. The Balaban J connectivity index is 1.02. The topological polar surface area (TPSA) is 89.9 Å². The Kier molecular flexibility index (Phi) is 7.98. The normalized spacial score (nSPS) is 54.5. The lowest BCUT2D eigenvalue weighted by Gasteiger charge is -2.64. The van der Waals surface area contributed by atoms with Crippen molar-refractivity contribution in [3.63, 3.8) is 0 Å². The number of aliphatic hydroxyl groups excluding tert-OH is 1. The second-order valence-electron chi connectivity index (χ2n) is 19.3. The molecule has 3 aliphatic heterocycles. The number of aliphatic hydroxyl groups is 2. The maximum atomic E-state index is 12.6. The van der Waals surface area contributed by atoms with Gasteiger partial charge in [-0.25, -0.2) is 0 Å². The lowest BCUT2D eigenvalue weighted by atomic mass is 9.41. The molecule has 0 bridgehead atoms. The summed E-state index contributed by atoms with van der Waals surface area (Å²) in [5.74, 6) is 1.85. The Labute approximate surface area is 283 Å². The van der Waals surface area contributed by atoms with Gasteiger partial charge in [-0.1, -0.05) is 34.6 Å². The lowest BCUT2D eigenvalue weighted by molar-refractivity contribution is -0.251. The zero-order chi connectivity index (χ0) is 33.4. The van der Waals surface area contributed by atoms with Crippen molar-refractivity contribution in [2.45, 2.75) is 155 Å². The maximum Gasteiger partial charge on any atom is 0.170 e. The van der Waals surface area contributed by atoms with Crippen LogP contribution in [0.2, 0.25) is 0 Å². The van der Waals surface area contributed by atoms with Crippen molar-refractivity contribution in [3.05, 3.63) is 0 Å². The summed E-state index contributed by atoms with van der Waals surface area (Å²) in [5.41, 5.74) is -0.440. The van der Waals surface area contributed by atoms with Crippen LogP contribution >= 0.6 is 0 Å². The van der Waals surface area contributed by atoms with E-state index in [1.807, 2.05) is 13.8 Å². The van der Waals surface area contributed by atoms with Crippen molar-refractivity contribution in [2.75, 3.05) is 40.0 Å². The van der Waals surface area contributed by atoms with Gasteiger partial charge in [0.15, 0.2) is 6.29 Å². The fourth-order valence-corrected chi connectivity index (χ4v) is 14.7. The monoisotopic (exact) mass is 659 g/mol. The first-order chi connectivity index (χ1) is 22.1. The van der Waals surface area contributed by atoms with Crippen LogP contribution in [0.25, 0.3) is 0 Å². The summed E-state index contributed by atoms with van der Waals surface area (Å²) in [6, 6.07) is 0.504. The van der Waals surface area contributed by atoms with Crippen molar-refractivity contribution < 1.29 is 33.9 Å². The number of hydrogen-bond donors (Lipinski definition) is 2. The van der Waals surface area contributed by atoms with Crippen LogP contribution in [-0.2, 0) is 23.7 Å². The molecule has 15 atom stereocenters. The van der Waals surface area contributed by atoms with Crippen LogP contribution in [0, 0.1) is 50.7 Å². The first-order valence-electron chi connectivity index (χ1n) is 19.3. The minimum atomic E-state index is -1.01. The molecule has 8 rings (SSSR count). The average molecular weight is 660 g/mol. The fourth-order valence-electron chi connectivity index (χ4n) is 14.7. The second kappa shape index (κ2) is 11.1. The van der Waals surface area contributed by atoms with E-state index in [9.17, 15) is 10.2 Å². The highest BCUT2D eigenvalue weighted by atomic mass is 16.7. The Morgan fingerprint density at radius 3 is 2.40 bits per heavy atom. The first kappa shape index (κ1) is 33.8. The summed E-state index contributed by atoms with van der Waals surface area (Å²) in [7, 11) is 1.68. The van der Waals surface area contributed by atoms with Crippen LogP contribution in [0.4, 0.5) is 0 Å². The van der Waals surface area contributed by atoms with Crippen molar-refractivity contribution in [2.24, 2.45) is 50.7 Å². The highest BCUT2D eigenvalue weighted by molar-refractivity contribution is 5.33. The zero-order valence-corrected chi connectivity index (χ0v) is 30.6. The van der Waals surface area contributed by atoms with Gasteiger partial charge < -0.3 is 33.9 Å². The molecule has 5 saturated carbocycles. The van der Waals surface area contributed by atoms with E-state index in [1.165, 1.54) is 38.5 Å². The van der Waals surface area contributed by atoms with Crippen LogP contribution < -0.4 is 0 Å². The summed E-state index contributed by atoms with van der Waals surface area (Å²) in [6.07, 6.45) is 9.15.